The van der Waals surface area contributed by atoms with E-state index in [0.29, 0.717) is 5.56 Å². The van der Waals surface area contributed by atoms with E-state index in [0.717, 1.165) is 16.8 Å². The molecule has 3 rings (SSSR count). The van der Waals surface area contributed by atoms with Crippen molar-refractivity contribution in [3.8, 4) is 5.75 Å². The summed E-state index contributed by atoms with van der Waals surface area (Å²) in [5, 5.41) is 2.87. The smallest absolute Gasteiger partial charge is 0.255 e. The molecule has 0 saturated heterocycles. The van der Waals surface area contributed by atoms with Crippen molar-refractivity contribution < 1.29 is 17.9 Å². The average Bonchev–Trinajstić information content (AvgIpc) is 2.74. The van der Waals surface area contributed by atoms with Crippen molar-refractivity contribution in [3.05, 3.63) is 89.5 Å². The van der Waals surface area contributed by atoms with E-state index in [1.807, 2.05) is 31.2 Å². The Morgan fingerprint density at radius 3 is 2.28 bits per heavy atom. The number of benzene rings is 3. The molecule has 0 aliphatic heterocycles. The summed E-state index contributed by atoms with van der Waals surface area (Å²) >= 11 is 0. The third kappa shape index (κ3) is 5.01. The SMILES string of the molecule is COc1ccccc1S(=O)(=O)NCc1ccc(C(=O)Nc2ccccc2C)cc1. The second kappa shape index (κ2) is 8.89. The lowest BCUT2D eigenvalue weighted by Crippen LogP contribution is -2.23. The highest BCUT2D eigenvalue weighted by atomic mass is 32.2. The molecule has 29 heavy (non-hydrogen) atoms. The minimum atomic E-state index is -3.73. The van der Waals surface area contributed by atoms with E-state index in [1.165, 1.54) is 13.2 Å². The molecule has 150 valence electrons. The summed E-state index contributed by atoms with van der Waals surface area (Å²) in [6.07, 6.45) is 0. The van der Waals surface area contributed by atoms with Crippen LogP contribution in [-0.4, -0.2) is 21.4 Å². The van der Waals surface area contributed by atoms with Crippen molar-refractivity contribution in [2.75, 3.05) is 12.4 Å². The minimum absolute atomic E-state index is 0.0803. The van der Waals surface area contributed by atoms with Gasteiger partial charge in [-0.05, 0) is 48.4 Å². The molecule has 3 aromatic rings. The molecule has 0 radical (unpaired) electrons. The fraction of sp³-hybridized carbons (Fsp3) is 0.136. The van der Waals surface area contributed by atoms with E-state index in [9.17, 15) is 13.2 Å². The number of amides is 1. The van der Waals surface area contributed by atoms with Gasteiger partial charge in [-0.3, -0.25) is 4.79 Å². The molecule has 0 saturated carbocycles. The molecule has 0 aliphatic rings. The van der Waals surface area contributed by atoms with Gasteiger partial charge in [-0.15, -0.1) is 0 Å². The van der Waals surface area contributed by atoms with Gasteiger partial charge in [0.15, 0.2) is 0 Å². The van der Waals surface area contributed by atoms with Gasteiger partial charge in [0.2, 0.25) is 10.0 Å². The highest BCUT2D eigenvalue weighted by Crippen LogP contribution is 2.22. The average molecular weight is 410 g/mol. The Morgan fingerprint density at radius 2 is 1.59 bits per heavy atom. The standard InChI is InChI=1S/C22H22N2O4S/c1-16-7-3-4-8-19(16)24-22(25)18-13-11-17(12-14-18)15-23-29(26,27)21-10-6-5-9-20(21)28-2/h3-14,23H,15H2,1-2H3,(H,24,25). The zero-order valence-electron chi connectivity index (χ0n) is 16.2. The van der Waals surface area contributed by atoms with Crippen molar-refractivity contribution in [1.29, 1.82) is 0 Å². The molecule has 0 spiro atoms. The van der Waals surface area contributed by atoms with Crippen LogP contribution in [0.2, 0.25) is 0 Å². The molecule has 0 aliphatic carbocycles. The fourth-order valence-corrected chi connectivity index (χ4v) is 3.96. The maximum atomic E-state index is 12.5. The molecule has 0 fully saturated rings. The summed E-state index contributed by atoms with van der Waals surface area (Å²) in [5.74, 6) is 0.0590. The first kappa shape index (κ1) is 20.6. The largest absolute Gasteiger partial charge is 0.495 e. The summed E-state index contributed by atoms with van der Waals surface area (Å²) in [6.45, 7) is 2.02. The van der Waals surface area contributed by atoms with Crippen LogP contribution >= 0.6 is 0 Å². The zero-order chi connectivity index (χ0) is 20.9. The summed E-state index contributed by atoms with van der Waals surface area (Å²) in [7, 11) is -2.30. The molecule has 7 heteroatoms. The second-order valence-corrected chi connectivity index (χ2v) is 8.18. The Kier molecular flexibility index (Phi) is 6.31. The van der Waals surface area contributed by atoms with E-state index in [1.54, 1.807) is 42.5 Å². The van der Waals surface area contributed by atoms with E-state index in [2.05, 4.69) is 10.0 Å². The van der Waals surface area contributed by atoms with Crippen molar-refractivity contribution >= 4 is 21.6 Å². The molecule has 0 bridgehead atoms. The Balaban J connectivity index is 1.66. The topological polar surface area (TPSA) is 84.5 Å². The van der Waals surface area contributed by atoms with Crippen LogP contribution in [0.3, 0.4) is 0 Å². The van der Waals surface area contributed by atoms with Gasteiger partial charge in [0, 0.05) is 17.8 Å². The third-order valence-electron chi connectivity index (χ3n) is 4.43. The molecule has 0 atom stereocenters. The van der Waals surface area contributed by atoms with Gasteiger partial charge in [-0.1, -0.05) is 42.5 Å². The van der Waals surface area contributed by atoms with Gasteiger partial charge in [-0.2, -0.15) is 0 Å². The number of anilines is 1. The number of carbonyl (C=O) groups excluding carboxylic acids is 1. The van der Waals surface area contributed by atoms with Crippen LogP contribution in [0.15, 0.2) is 77.7 Å². The minimum Gasteiger partial charge on any atom is -0.495 e. The summed E-state index contributed by atoms with van der Waals surface area (Å²) in [5.41, 5.74) is 2.95. The lowest BCUT2D eigenvalue weighted by atomic mass is 10.1. The van der Waals surface area contributed by atoms with Crippen LogP contribution in [0.4, 0.5) is 5.69 Å². The highest BCUT2D eigenvalue weighted by molar-refractivity contribution is 7.89. The van der Waals surface area contributed by atoms with E-state index in [-0.39, 0.29) is 23.1 Å². The predicted molar refractivity (Wildman–Crippen MR) is 113 cm³/mol. The zero-order valence-corrected chi connectivity index (χ0v) is 17.0. The summed E-state index contributed by atoms with van der Waals surface area (Å²) < 4.78 is 32.8. The summed E-state index contributed by atoms with van der Waals surface area (Å²) in [6, 6.07) is 20.7. The fourth-order valence-electron chi connectivity index (χ4n) is 2.78. The van der Waals surface area contributed by atoms with Crippen molar-refractivity contribution in [1.82, 2.24) is 4.72 Å². The van der Waals surface area contributed by atoms with E-state index >= 15 is 0 Å². The number of rotatable bonds is 7. The van der Waals surface area contributed by atoms with Crippen LogP contribution in [0.1, 0.15) is 21.5 Å². The van der Waals surface area contributed by atoms with Crippen molar-refractivity contribution in [3.63, 3.8) is 0 Å². The number of sulfonamides is 1. The highest BCUT2D eigenvalue weighted by Gasteiger charge is 2.18. The Morgan fingerprint density at radius 1 is 0.931 bits per heavy atom. The number of hydrogen-bond donors (Lipinski definition) is 2. The monoisotopic (exact) mass is 410 g/mol. The first-order chi connectivity index (χ1) is 13.9. The third-order valence-corrected chi connectivity index (χ3v) is 5.87. The van der Waals surface area contributed by atoms with Gasteiger partial charge in [-0.25, -0.2) is 13.1 Å². The van der Waals surface area contributed by atoms with Crippen molar-refractivity contribution in [2.24, 2.45) is 0 Å². The van der Waals surface area contributed by atoms with Crippen LogP contribution < -0.4 is 14.8 Å². The lowest BCUT2D eigenvalue weighted by Gasteiger charge is -2.11. The maximum Gasteiger partial charge on any atom is 0.255 e. The first-order valence-corrected chi connectivity index (χ1v) is 10.5. The molecule has 0 heterocycles. The number of hydrogen-bond acceptors (Lipinski definition) is 4. The van der Waals surface area contributed by atoms with Crippen molar-refractivity contribution in [2.45, 2.75) is 18.4 Å². The molecule has 1 amide bonds. The van der Waals surface area contributed by atoms with Crippen LogP contribution in [0, 0.1) is 6.92 Å². The number of carbonyl (C=O) groups is 1. The van der Waals surface area contributed by atoms with Gasteiger partial charge >= 0.3 is 0 Å². The van der Waals surface area contributed by atoms with Crippen LogP contribution in [0.5, 0.6) is 5.75 Å². The van der Waals surface area contributed by atoms with Crippen LogP contribution in [-0.2, 0) is 16.6 Å². The predicted octanol–water partition coefficient (Wildman–Crippen LogP) is 3.73. The van der Waals surface area contributed by atoms with E-state index < -0.39 is 10.0 Å². The number of ether oxygens (including phenoxy) is 1. The van der Waals surface area contributed by atoms with Crippen LogP contribution in [0.25, 0.3) is 0 Å². The molecular formula is C22H22N2O4S. The van der Waals surface area contributed by atoms with Gasteiger partial charge < -0.3 is 10.1 Å². The molecular weight excluding hydrogens is 388 g/mol. The van der Waals surface area contributed by atoms with E-state index in [4.69, 9.17) is 4.74 Å². The molecule has 2 N–H and O–H groups in total. The van der Waals surface area contributed by atoms with Gasteiger partial charge in [0.25, 0.3) is 5.91 Å². The number of para-hydroxylation sites is 2. The Bertz CT molecular complexity index is 1110. The van der Waals surface area contributed by atoms with Gasteiger partial charge in [0.1, 0.15) is 10.6 Å². The summed E-state index contributed by atoms with van der Waals surface area (Å²) in [4.78, 5) is 12.5. The lowest BCUT2D eigenvalue weighted by molar-refractivity contribution is 0.102. The normalized spacial score (nSPS) is 11.1. The Labute approximate surface area is 170 Å². The molecule has 0 unspecified atom stereocenters. The number of nitrogens with one attached hydrogen (secondary N) is 2. The second-order valence-electron chi connectivity index (χ2n) is 6.44. The van der Waals surface area contributed by atoms with Gasteiger partial charge in [0.05, 0.1) is 7.11 Å². The molecule has 6 nitrogen and oxygen atoms in total. The quantitative estimate of drug-likeness (QED) is 0.622. The number of methoxy groups -OCH3 is 1. The molecule has 0 aromatic heterocycles. The number of aryl methyl sites for hydroxylation is 1. The maximum absolute atomic E-state index is 12.5. The first-order valence-electron chi connectivity index (χ1n) is 8.99. The molecule has 3 aromatic carbocycles. The Hall–Kier alpha value is -3.16.